The van der Waals surface area contributed by atoms with E-state index >= 15 is 0 Å². The molecule has 0 bridgehead atoms. The lowest BCUT2D eigenvalue weighted by Gasteiger charge is -2.60. The summed E-state index contributed by atoms with van der Waals surface area (Å²) >= 11 is 0. The van der Waals surface area contributed by atoms with Crippen molar-refractivity contribution < 1.29 is 49.3 Å². The summed E-state index contributed by atoms with van der Waals surface area (Å²) in [5.74, 6) is 0.948. The van der Waals surface area contributed by atoms with Gasteiger partial charge in [0.25, 0.3) is 0 Å². The van der Waals surface area contributed by atoms with Crippen LogP contribution in [-0.2, 0) is 23.8 Å². The fourth-order valence-electron chi connectivity index (χ4n) is 11.6. The van der Waals surface area contributed by atoms with E-state index in [1.165, 1.54) is 0 Å². The molecule has 10 nitrogen and oxygen atoms in total. The predicted molar refractivity (Wildman–Crippen MR) is 162 cm³/mol. The number of rotatable bonds is 6. The first-order valence-electron chi connectivity index (χ1n) is 17.6. The molecule has 6 fully saturated rings. The first-order valence-corrected chi connectivity index (χ1v) is 17.6. The van der Waals surface area contributed by atoms with E-state index in [0.717, 1.165) is 32.1 Å². The van der Waals surface area contributed by atoms with Crippen LogP contribution in [0, 0.1) is 58.2 Å². The minimum atomic E-state index is -1.50. The van der Waals surface area contributed by atoms with Gasteiger partial charge in [0.05, 0.1) is 24.7 Å². The van der Waals surface area contributed by atoms with Gasteiger partial charge in [0.15, 0.2) is 6.29 Å². The molecule has 18 atom stereocenters. The second kappa shape index (κ2) is 12.4. The third-order valence-electron chi connectivity index (χ3n) is 14.3. The summed E-state index contributed by atoms with van der Waals surface area (Å²) < 4.78 is 17.7. The zero-order chi connectivity index (χ0) is 32.6. The Kier molecular flexibility index (Phi) is 9.29. The maximum atomic E-state index is 14.0. The molecule has 4 saturated carbocycles. The molecule has 45 heavy (non-hydrogen) atoms. The number of fused-ring (bicyclic) bond motifs is 5. The largest absolute Gasteiger partial charge is 0.462 e. The SMILES string of the molecule is CC[C@H]1C[C@H]([C@@H](C)[C@H]2[C@H](O)C[C@H]3[C@@H]4CC(=O)[C@@H]5C[C@@H](O[C@H]6O[C@@H](CO)[C@H](O)[C@H](O)[C@@H]6O)CC[C@]5(C)[C@H]4CC[C@]23C)OC(=O)[C@H]1C. The molecule has 0 amide bonds. The highest BCUT2D eigenvalue weighted by molar-refractivity contribution is 5.83. The topological polar surface area (TPSA) is 163 Å². The Morgan fingerprint density at radius 2 is 1.67 bits per heavy atom. The van der Waals surface area contributed by atoms with Crippen molar-refractivity contribution in [2.75, 3.05) is 6.61 Å². The van der Waals surface area contributed by atoms with Crippen LogP contribution in [0.3, 0.4) is 0 Å². The van der Waals surface area contributed by atoms with E-state index in [2.05, 4.69) is 27.7 Å². The van der Waals surface area contributed by atoms with E-state index in [1.807, 2.05) is 6.92 Å². The number of esters is 1. The Morgan fingerprint density at radius 1 is 0.956 bits per heavy atom. The van der Waals surface area contributed by atoms with Crippen LogP contribution in [0.5, 0.6) is 0 Å². The number of aliphatic hydroxyl groups is 5. The molecule has 5 N–H and O–H groups in total. The molecule has 0 aromatic rings. The van der Waals surface area contributed by atoms with Crippen LogP contribution in [0.4, 0.5) is 0 Å². The van der Waals surface area contributed by atoms with E-state index in [1.54, 1.807) is 0 Å². The fraction of sp³-hybridized carbons (Fsp3) is 0.943. The van der Waals surface area contributed by atoms with Crippen LogP contribution in [0.2, 0.25) is 0 Å². The van der Waals surface area contributed by atoms with Crippen LogP contribution in [-0.4, -0.2) is 92.9 Å². The summed E-state index contributed by atoms with van der Waals surface area (Å²) in [7, 11) is 0. The van der Waals surface area contributed by atoms with Gasteiger partial charge in [-0.05, 0) is 91.3 Å². The third kappa shape index (κ3) is 5.42. The Balaban J connectivity index is 1.16. The fourth-order valence-corrected chi connectivity index (χ4v) is 11.6. The summed E-state index contributed by atoms with van der Waals surface area (Å²) in [6.45, 7) is 10.3. The normalized spacial score (nSPS) is 54.0. The van der Waals surface area contributed by atoms with Crippen molar-refractivity contribution in [3.63, 3.8) is 0 Å². The lowest BCUT2D eigenvalue weighted by atomic mass is 9.44. The molecule has 0 aromatic carbocycles. The van der Waals surface area contributed by atoms with Gasteiger partial charge < -0.3 is 39.7 Å². The number of ketones is 1. The molecule has 0 aromatic heterocycles. The molecule has 0 spiro atoms. The number of hydrogen-bond donors (Lipinski definition) is 5. The molecule has 0 unspecified atom stereocenters. The first kappa shape index (κ1) is 33.7. The van der Waals surface area contributed by atoms with Gasteiger partial charge in [0, 0.05) is 12.3 Å². The maximum Gasteiger partial charge on any atom is 0.309 e. The van der Waals surface area contributed by atoms with Crippen LogP contribution >= 0.6 is 0 Å². The average Bonchev–Trinajstić information content (AvgIpc) is 3.28. The number of aliphatic hydroxyl groups excluding tert-OH is 5. The summed E-state index contributed by atoms with van der Waals surface area (Å²) in [5, 5.41) is 52.1. The van der Waals surface area contributed by atoms with Gasteiger partial charge in [-0.15, -0.1) is 0 Å². The highest BCUT2D eigenvalue weighted by Crippen LogP contribution is 2.68. The van der Waals surface area contributed by atoms with E-state index < -0.39 is 43.4 Å². The Morgan fingerprint density at radius 3 is 2.36 bits per heavy atom. The second-order valence-electron chi connectivity index (χ2n) is 16.2. The predicted octanol–water partition coefficient (Wildman–Crippen LogP) is 2.59. The first-order chi connectivity index (χ1) is 21.2. The lowest BCUT2D eigenvalue weighted by Crippen LogP contribution is -2.61. The summed E-state index contributed by atoms with van der Waals surface area (Å²) in [5.41, 5.74) is -0.335. The van der Waals surface area contributed by atoms with Crippen molar-refractivity contribution in [2.24, 2.45) is 58.2 Å². The van der Waals surface area contributed by atoms with Crippen molar-refractivity contribution in [3.05, 3.63) is 0 Å². The van der Waals surface area contributed by atoms with Gasteiger partial charge >= 0.3 is 5.97 Å². The van der Waals surface area contributed by atoms with Crippen LogP contribution < -0.4 is 0 Å². The molecule has 256 valence electrons. The smallest absolute Gasteiger partial charge is 0.309 e. The molecule has 4 aliphatic carbocycles. The molecule has 10 heteroatoms. The molecule has 0 radical (unpaired) electrons. The van der Waals surface area contributed by atoms with Crippen LogP contribution in [0.25, 0.3) is 0 Å². The number of Topliss-reactive ketones (excluding diaryl/α,β-unsaturated/α-hetero) is 1. The monoisotopic (exact) mass is 636 g/mol. The quantitative estimate of drug-likeness (QED) is 0.216. The number of ether oxygens (including phenoxy) is 3. The number of carbonyl (C=O) groups is 2. The van der Waals surface area contributed by atoms with E-state index in [0.29, 0.717) is 37.5 Å². The highest BCUT2D eigenvalue weighted by Gasteiger charge is 2.65. The zero-order valence-corrected chi connectivity index (χ0v) is 27.6. The molecule has 2 heterocycles. The van der Waals surface area contributed by atoms with Crippen molar-refractivity contribution in [2.45, 2.75) is 141 Å². The molecular formula is C35H56O10. The summed E-state index contributed by atoms with van der Waals surface area (Å²) in [6, 6.07) is 0. The number of hydrogen-bond acceptors (Lipinski definition) is 10. The van der Waals surface area contributed by atoms with Gasteiger partial charge in [0.2, 0.25) is 0 Å². The minimum Gasteiger partial charge on any atom is -0.462 e. The Hall–Kier alpha value is -1.14. The van der Waals surface area contributed by atoms with Gasteiger partial charge in [-0.3, -0.25) is 9.59 Å². The van der Waals surface area contributed by atoms with Gasteiger partial charge in [-0.25, -0.2) is 0 Å². The third-order valence-corrected chi connectivity index (χ3v) is 14.3. The molecule has 2 aliphatic heterocycles. The van der Waals surface area contributed by atoms with Gasteiger partial charge in [-0.1, -0.05) is 41.0 Å². The van der Waals surface area contributed by atoms with Crippen molar-refractivity contribution >= 4 is 11.8 Å². The Bertz CT molecular complexity index is 1110. The van der Waals surface area contributed by atoms with Crippen LogP contribution in [0.15, 0.2) is 0 Å². The van der Waals surface area contributed by atoms with E-state index in [-0.39, 0.29) is 70.3 Å². The van der Waals surface area contributed by atoms with Crippen molar-refractivity contribution in [1.82, 2.24) is 0 Å². The van der Waals surface area contributed by atoms with E-state index in [4.69, 9.17) is 14.2 Å². The summed E-state index contributed by atoms with van der Waals surface area (Å²) in [4.78, 5) is 26.8. The van der Waals surface area contributed by atoms with Crippen molar-refractivity contribution in [3.8, 4) is 0 Å². The van der Waals surface area contributed by atoms with Gasteiger partial charge in [0.1, 0.15) is 36.3 Å². The van der Waals surface area contributed by atoms with E-state index in [9.17, 15) is 35.1 Å². The highest BCUT2D eigenvalue weighted by atomic mass is 16.7. The Labute approximate surface area is 267 Å². The molecular weight excluding hydrogens is 580 g/mol. The molecule has 6 rings (SSSR count). The van der Waals surface area contributed by atoms with Gasteiger partial charge in [-0.2, -0.15) is 0 Å². The maximum absolute atomic E-state index is 14.0. The van der Waals surface area contributed by atoms with Crippen LogP contribution in [0.1, 0.15) is 92.4 Å². The summed E-state index contributed by atoms with van der Waals surface area (Å²) in [6.07, 6.45) is -0.820. The molecule has 2 saturated heterocycles. The number of carbonyl (C=O) groups excluding carboxylic acids is 2. The minimum absolute atomic E-state index is 0.00969. The number of cyclic esters (lactones) is 1. The second-order valence-corrected chi connectivity index (χ2v) is 16.2. The van der Waals surface area contributed by atoms with Crippen molar-refractivity contribution in [1.29, 1.82) is 0 Å². The molecule has 6 aliphatic rings. The zero-order valence-electron chi connectivity index (χ0n) is 27.6. The lowest BCUT2D eigenvalue weighted by molar-refractivity contribution is -0.315. The average molecular weight is 637 g/mol. The standard InChI is InChI=1S/C35H56O10/c1-6-18-11-26(44-32(42)16(18)2)17(3)28-25(38)14-22-20-13-24(37)23-12-19(7-9-34(23,4)21(20)8-10-35(22,28)5)43-33-31(41)30(40)29(39)27(15-36)45-33/h16-23,25-31,33,36,38-41H,6-15H2,1-5H3/t16-,17+,18-,19-,20+,21-,22-,23-,25+,26+,27-,28-,29-,30-,31-,33-,34+,35-/m0/s1.